The van der Waals surface area contributed by atoms with Crippen LogP contribution in [0.1, 0.15) is 13.3 Å². The summed E-state index contributed by atoms with van der Waals surface area (Å²) in [6.07, 6.45) is 1.08. The Kier molecular flexibility index (Phi) is 6.85. The maximum Gasteiger partial charge on any atom is 0.288 e. The molecule has 0 aromatic heterocycles. The van der Waals surface area contributed by atoms with Crippen LogP contribution >= 0.6 is 0 Å². The maximum atomic E-state index is 11.5. The summed E-state index contributed by atoms with van der Waals surface area (Å²) < 4.78 is 0. The van der Waals surface area contributed by atoms with Crippen molar-refractivity contribution in [3.8, 4) is 0 Å². The van der Waals surface area contributed by atoms with Crippen molar-refractivity contribution in [2.24, 2.45) is 0 Å². The Morgan fingerprint density at radius 2 is 1.89 bits per heavy atom. The molecule has 1 unspecified atom stereocenters. The first kappa shape index (κ1) is 15.1. The Morgan fingerprint density at radius 3 is 2.67 bits per heavy atom. The van der Waals surface area contributed by atoms with E-state index in [0.717, 1.165) is 26.1 Å². The quantitative estimate of drug-likeness (QED) is 0.464. The first-order valence-corrected chi connectivity index (χ1v) is 6.54. The Balaban J connectivity index is 2.46. The highest BCUT2D eigenvalue weighted by Gasteiger charge is 2.15. The van der Waals surface area contributed by atoms with Crippen molar-refractivity contribution < 1.29 is 9.59 Å². The third-order valence-corrected chi connectivity index (χ3v) is 3.19. The van der Waals surface area contributed by atoms with Crippen LogP contribution in [0.15, 0.2) is 0 Å². The van der Waals surface area contributed by atoms with Crippen LogP contribution in [-0.4, -0.2) is 68.9 Å². The molecule has 0 saturated carbocycles. The van der Waals surface area contributed by atoms with Gasteiger partial charge in [-0.05, 0) is 33.5 Å². The first-order valence-electron chi connectivity index (χ1n) is 6.54. The molecule has 104 valence electrons. The van der Waals surface area contributed by atoms with E-state index in [1.807, 2.05) is 14.0 Å². The average molecular weight is 256 g/mol. The number of hydrogen-bond acceptors (Lipinski definition) is 5. The Labute approximate surface area is 108 Å². The standard InChI is InChI=1S/C12H24N4O2/c1-10-8-15-12(18)11(17)9-14-6-5-13-4-3-7-16(10)2/h10,13-14H,3-9H2,1-2H3,(H,15,18). The second kappa shape index (κ2) is 8.18. The zero-order valence-corrected chi connectivity index (χ0v) is 11.3. The molecule has 18 heavy (non-hydrogen) atoms. The van der Waals surface area contributed by atoms with Crippen molar-refractivity contribution in [1.82, 2.24) is 20.9 Å². The summed E-state index contributed by atoms with van der Waals surface area (Å²) in [5.41, 5.74) is 0. The van der Waals surface area contributed by atoms with Crippen LogP contribution in [0.5, 0.6) is 0 Å². The van der Waals surface area contributed by atoms with E-state index in [2.05, 4.69) is 20.9 Å². The molecule has 1 rings (SSSR count). The Morgan fingerprint density at radius 1 is 1.17 bits per heavy atom. The molecule has 1 amide bonds. The number of Topliss-reactive ketones (excluding diaryl/α,β-unsaturated/α-hetero) is 1. The number of likely N-dealkylation sites (N-methyl/N-ethyl adjacent to an activating group) is 1. The van der Waals surface area contributed by atoms with Crippen LogP contribution < -0.4 is 16.0 Å². The summed E-state index contributed by atoms with van der Waals surface area (Å²) in [5, 5.41) is 8.94. The molecule has 1 aliphatic rings. The van der Waals surface area contributed by atoms with Crippen LogP contribution in [0.4, 0.5) is 0 Å². The monoisotopic (exact) mass is 256 g/mol. The molecule has 0 radical (unpaired) electrons. The molecule has 1 heterocycles. The average Bonchev–Trinajstić information content (AvgIpc) is 2.36. The predicted molar refractivity (Wildman–Crippen MR) is 70.5 cm³/mol. The summed E-state index contributed by atoms with van der Waals surface area (Å²) in [6.45, 7) is 6.12. The van der Waals surface area contributed by atoms with E-state index in [-0.39, 0.29) is 12.6 Å². The molecule has 0 spiro atoms. The van der Waals surface area contributed by atoms with Crippen molar-refractivity contribution in [3.63, 3.8) is 0 Å². The van der Waals surface area contributed by atoms with E-state index < -0.39 is 11.7 Å². The molecule has 1 saturated heterocycles. The second-order valence-corrected chi connectivity index (χ2v) is 4.74. The lowest BCUT2D eigenvalue weighted by Crippen LogP contribution is -2.45. The van der Waals surface area contributed by atoms with Crippen molar-refractivity contribution in [3.05, 3.63) is 0 Å². The van der Waals surface area contributed by atoms with E-state index in [9.17, 15) is 9.59 Å². The van der Waals surface area contributed by atoms with E-state index in [1.165, 1.54) is 0 Å². The van der Waals surface area contributed by atoms with Gasteiger partial charge in [0.25, 0.3) is 5.91 Å². The number of carbonyl (C=O) groups is 2. The van der Waals surface area contributed by atoms with Gasteiger partial charge in [0.15, 0.2) is 0 Å². The number of ketones is 1. The van der Waals surface area contributed by atoms with Gasteiger partial charge >= 0.3 is 0 Å². The minimum absolute atomic E-state index is 0.109. The molecule has 3 N–H and O–H groups in total. The van der Waals surface area contributed by atoms with Crippen molar-refractivity contribution in [1.29, 1.82) is 0 Å². The van der Waals surface area contributed by atoms with E-state index in [4.69, 9.17) is 0 Å². The minimum Gasteiger partial charge on any atom is -0.348 e. The Hall–Kier alpha value is -0.980. The zero-order chi connectivity index (χ0) is 13.4. The number of nitrogens with one attached hydrogen (secondary N) is 3. The van der Waals surface area contributed by atoms with Gasteiger partial charge in [0.1, 0.15) is 0 Å². The zero-order valence-electron chi connectivity index (χ0n) is 11.3. The predicted octanol–water partition coefficient (Wildman–Crippen LogP) is -1.43. The highest BCUT2D eigenvalue weighted by atomic mass is 16.2. The molecular formula is C12H24N4O2. The third kappa shape index (κ3) is 5.57. The SMILES string of the molecule is CC1CNC(=O)C(=O)CNCCNCCCN1C. The molecular weight excluding hydrogens is 232 g/mol. The van der Waals surface area contributed by atoms with Gasteiger partial charge < -0.3 is 20.9 Å². The number of hydrogen-bond donors (Lipinski definition) is 3. The van der Waals surface area contributed by atoms with Gasteiger partial charge in [0.2, 0.25) is 5.78 Å². The van der Waals surface area contributed by atoms with E-state index >= 15 is 0 Å². The van der Waals surface area contributed by atoms with Gasteiger partial charge in [-0.15, -0.1) is 0 Å². The molecule has 0 aliphatic carbocycles. The van der Waals surface area contributed by atoms with Crippen LogP contribution in [0, 0.1) is 0 Å². The normalized spacial score (nSPS) is 26.4. The largest absolute Gasteiger partial charge is 0.348 e. The fraction of sp³-hybridized carbons (Fsp3) is 0.833. The molecule has 6 nitrogen and oxygen atoms in total. The fourth-order valence-electron chi connectivity index (χ4n) is 1.75. The van der Waals surface area contributed by atoms with Crippen molar-refractivity contribution >= 4 is 11.7 Å². The van der Waals surface area contributed by atoms with Gasteiger partial charge in [0, 0.05) is 25.7 Å². The van der Waals surface area contributed by atoms with E-state index in [1.54, 1.807) is 0 Å². The molecule has 1 atom stereocenters. The van der Waals surface area contributed by atoms with Gasteiger partial charge in [-0.3, -0.25) is 9.59 Å². The lowest BCUT2D eigenvalue weighted by atomic mass is 10.2. The van der Waals surface area contributed by atoms with Gasteiger partial charge in [-0.1, -0.05) is 0 Å². The summed E-state index contributed by atoms with van der Waals surface area (Å²) in [4.78, 5) is 25.2. The van der Waals surface area contributed by atoms with Crippen molar-refractivity contribution in [2.75, 3.05) is 46.3 Å². The smallest absolute Gasteiger partial charge is 0.288 e. The highest BCUT2D eigenvalue weighted by Crippen LogP contribution is 1.95. The maximum absolute atomic E-state index is 11.5. The van der Waals surface area contributed by atoms with Gasteiger partial charge in [-0.25, -0.2) is 0 Å². The summed E-state index contributed by atoms with van der Waals surface area (Å²) >= 11 is 0. The summed E-state index contributed by atoms with van der Waals surface area (Å²) in [5.74, 6) is -0.894. The van der Waals surface area contributed by atoms with Gasteiger partial charge in [-0.2, -0.15) is 0 Å². The van der Waals surface area contributed by atoms with Gasteiger partial charge in [0.05, 0.1) is 6.54 Å². The summed E-state index contributed by atoms with van der Waals surface area (Å²) in [6, 6.07) is 0.234. The topological polar surface area (TPSA) is 73.5 Å². The molecule has 0 aromatic rings. The minimum atomic E-state index is -0.493. The number of amides is 1. The lowest BCUT2D eigenvalue weighted by molar-refractivity contribution is -0.137. The number of rotatable bonds is 0. The van der Waals surface area contributed by atoms with Crippen LogP contribution in [0.3, 0.4) is 0 Å². The highest BCUT2D eigenvalue weighted by molar-refractivity contribution is 6.37. The Bertz CT molecular complexity index is 283. The second-order valence-electron chi connectivity index (χ2n) is 4.74. The molecule has 1 fully saturated rings. The lowest BCUT2D eigenvalue weighted by Gasteiger charge is -2.25. The first-order chi connectivity index (χ1) is 8.61. The third-order valence-electron chi connectivity index (χ3n) is 3.19. The molecule has 6 heteroatoms. The molecule has 0 aromatic carbocycles. The van der Waals surface area contributed by atoms with Crippen LogP contribution in [-0.2, 0) is 9.59 Å². The summed E-state index contributed by atoms with van der Waals surface area (Å²) in [7, 11) is 2.03. The fourth-order valence-corrected chi connectivity index (χ4v) is 1.75. The van der Waals surface area contributed by atoms with Crippen molar-refractivity contribution in [2.45, 2.75) is 19.4 Å². The van der Waals surface area contributed by atoms with Crippen LogP contribution in [0.2, 0.25) is 0 Å². The number of carbonyl (C=O) groups excluding carboxylic acids is 2. The molecule has 0 bridgehead atoms. The van der Waals surface area contributed by atoms with Crippen LogP contribution in [0.25, 0.3) is 0 Å². The number of nitrogens with zero attached hydrogens (tertiary/aromatic N) is 1. The molecule has 1 aliphatic heterocycles. The van der Waals surface area contributed by atoms with E-state index in [0.29, 0.717) is 13.1 Å².